The third-order valence-electron chi connectivity index (χ3n) is 5.65. The van der Waals surface area contributed by atoms with E-state index < -0.39 is 0 Å². The van der Waals surface area contributed by atoms with Gasteiger partial charge in [-0.3, -0.25) is 4.90 Å². The van der Waals surface area contributed by atoms with E-state index in [0.29, 0.717) is 6.04 Å². The molecule has 2 aromatic heterocycles. The Balaban J connectivity index is 1.66. The van der Waals surface area contributed by atoms with E-state index in [1.165, 1.54) is 35.2 Å². The molecule has 130 valence electrons. The molecule has 0 saturated carbocycles. The average molecular weight is 347 g/mol. The molecule has 3 fully saturated rings. The molecule has 2 atom stereocenters. The van der Waals surface area contributed by atoms with Crippen molar-refractivity contribution >= 4 is 27.4 Å². The normalized spacial score (nSPS) is 24.7. The summed E-state index contributed by atoms with van der Waals surface area (Å²) >= 11 is 1.79. The van der Waals surface area contributed by atoms with Crippen LogP contribution in [0.2, 0.25) is 0 Å². The number of fused-ring (bicyclic) bond motifs is 5. The molecule has 5 heterocycles. The molecule has 2 bridgehead atoms. The van der Waals surface area contributed by atoms with Gasteiger partial charge in [0.2, 0.25) is 0 Å². The minimum Gasteiger partial charge on any atom is -0.383 e. The van der Waals surface area contributed by atoms with Gasteiger partial charge in [0, 0.05) is 44.2 Å². The average Bonchev–Trinajstić information content (AvgIpc) is 2.76. The van der Waals surface area contributed by atoms with Gasteiger partial charge >= 0.3 is 0 Å². The van der Waals surface area contributed by atoms with Crippen LogP contribution in [0.3, 0.4) is 0 Å². The Bertz CT molecular complexity index is 731. The number of hydrogen-bond donors (Lipinski definition) is 0. The van der Waals surface area contributed by atoms with E-state index in [-0.39, 0.29) is 0 Å². The van der Waals surface area contributed by atoms with Gasteiger partial charge in [-0.1, -0.05) is 0 Å². The number of rotatable bonds is 4. The molecule has 3 aliphatic rings. The maximum absolute atomic E-state index is 5.31. The molecule has 0 aliphatic carbocycles. The molecular weight excluding hydrogens is 320 g/mol. The quantitative estimate of drug-likeness (QED) is 0.851. The molecule has 0 unspecified atom stereocenters. The van der Waals surface area contributed by atoms with Crippen LogP contribution in [-0.2, 0) is 4.74 Å². The molecular formula is C18H26N4OS. The monoisotopic (exact) mass is 346 g/mol. The van der Waals surface area contributed by atoms with Gasteiger partial charge < -0.3 is 9.64 Å². The van der Waals surface area contributed by atoms with E-state index >= 15 is 0 Å². The van der Waals surface area contributed by atoms with Crippen molar-refractivity contribution in [2.75, 3.05) is 44.8 Å². The molecule has 3 aliphatic heterocycles. The number of hydrogen-bond acceptors (Lipinski definition) is 6. The zero-order valence-electron chi connectivity index (χ0n) is 14.8. The van der Waals surface area contributed by atoms with Crippen LogP contribution >= 0.6 is 11.3 Å². The number of nitrogens with zero attached hydrogens (tertiary/aromatic N) is 4. The van der Waals surface area contributed by atoms with E-state index in [2.05, 4.69) is 28.6 Å². The number of methoxy groups -OCH3 is 1. The summed E-state index contributed by atoms with van der Waals surface area (Å²) in [5, 5.41) is 1.27. The molecule has 5 nitrogen and oxygen atoms in total. The molecule has 24 heavy (non-hydrogen) atoms. The van der Waals surface area contributed by atoms with Crippen LogP contribution in [0.4, 0.5) is 5.82 Å². The fraction of sp³-hybridized carbons (Fsp3) is 0.667. The third-order valence-corrected chi connectivity index (χ3v) is 6.77. The van der Waals surface area contributed by atoms with Crippen LogP contribution in [-0.4, -0.2) is 60.8 Å². The van der Waals surface area contributed by atoms with E-state index in [4.69, 9.17) is 9.72 Å². The Hall–Kier alpha value is -1.24. The molecule has 0 aromatic carbocycles. The van der Waals surface area contributed by atoms with Crippen LogP contribution in [0.15, 0.2) is 6.33 Å². The van der Waals surface area contributed by atoms with Gasteiger partial charge in [0.1, 0.15) is 17.0 Å². The summed E-state index contributed by atoms with van der Waals surface area (Å²) in [7, 11) is 1.79. The molecule has 0 spiro atoms. The van der Waals surface area contributed by atoms with Gasteiger partial charge in [-0.25, -0.2) is 9.97 Å². The highest BCUT2D eigenvalue weighted by molar-refractivity contribution is 7.18. The smallest absolute Gasteiger partial charge is 0.141 e. The first kappa shape index (κ1) is 16.2. The first-order valence-electron chi connectivity index (χ1n) is 8.86. The van der Waals surface area contributed by atoms with Gasteiger partial charge in [0.15, 0.2) is 0 Å². The Labute approximate surface area is 147 Å². The molecule has 0 N–H and O–H groups in total. The number of thiophene rings is 1. The molecule has 6 heteroatoms. The molecule has 0 radical (unpaired) electrons. The van der Waals surface area contributed by atoms with Gasteiger partial charge in [-0.15, -0.1) is 11.3 Å². The van der Waals surface area contributed by atoms with E-state index in [0.717, 1.165) is 42.8 Å². The molecule has 5 rings (SSSR count). The highest BCUT2D eigenvalue weighted by Crippen LogP contribution is 2.37. The highest BCUT2D eigenvalue weighted by atomic mass is 32.1. The summed E-state index contributed by atoms with van der Waals surface area (Å²) in [6.45, 7) is 9.63. The largest absolute Gasteiger partial charge is 0.383 e. The lowest BCUT2D eigenvalue weighted by Gasteiger charge is -2.35. The van der Waals surface area contributed by atoms with Crippen LogP contribution in [0.5, 0.6) is 0 Å². The number of anilines is 1. The fourth-order valence-electron chi connectivity index (χ4n) is 4.24. The topological polar surface area (TPSA) is 41.5 Å². The second kappa shape index (κ2) is 6.58. The van der Waals surface area contributed by atoms with Gasteiger partial charge in [-0.2, -0.15) is 0 Å². The van der Waals surface area contributed by atoms with Crippen molar-refractivity contribution in [3.05, 3.63) is 16.8 Å². The second-order valence-electron chi connectivity index (χ2n) is 7.15. The van der Waals surface area contributed by atoms with Crippen LogP contribution in [0.25, 0.3) is 10.2 Å². The first-order chi connectivity index (χ1) is 11.7. The van der Waals surface area contributed by atoms with Crippen LogP contribution in [0, 0.1) is 19.8 Å². The van der Waals surface area contributed by atoms with Gasteiger partial charge in [0.25, 0.3) is 0 Å². The second-order valence-corrected chi connectivity index (χ2v) is 8.35. The SMILES string of the molecule is COCCN1C[C@H]2CC[C@@H]1CN(c1ncnc3sc(C)c(C)c13)C2. The standard InChI is InChI=1S/C18H26N4OS/c1-12-13(2)24-18-16(12)17(19-11-20-18)22-9-14-4-5-15(10-22)21(8-14)6-7-23-3/h11,14-15H,4-10H2,1-3H3/t14-,15-/m1/s1. The van der Waals surface area contributed by atoms with Crippen molar-refractivity contribution in [3.63, 3.8) is 0 Å². The fourth-order valence-corrected chi connectivity index (χ4v) is 5.23. The lowest BCUT2D eigenvalue weighted by atomic mass is 9.95. The van der Waals surface area contributed by atoms with Crippen molar-refractivity contribution in [3.8, 4) is 0 Å². The summed E-state index contributed by atoms with van der Waals surface area (Å²) < 4.78 is 5.31. The molecule has 3 saturated heterocycles. The Morgan fingerprint density at radius 3 is 2.92 bits per heavy atom. The zero-order valence-corrected chi connectivity index (χ0v) is 15.6. The Morgan fingerprint density at radius 2 is 2.08 bits per heavy atom. The third kappa shape index (κ3) is 2.80. The van der Waals surface area contributed by atoms with Crippen molar-refractivity contribution in [1.29, 1.82) is 0 Å². The minimum absolute atomic E-state index is 0.615. The van der Waals surface area contributed by atoms with Crippen molar-refractivity contribution < 1.29 is 4.74 Å². The first-order valence-corrected chi connectivity index (χ1v) is 9.67. The lowest BCUT2D eigenvalue weighted by molar-refractivity contribution is 0.0889. The Kier molecular flexibility index (Phi) is 4.45. The summed E-state index contributed by atoms with van der Waals surface area (Å²) in [4.78, 5) is 16.8. The zero-order chi connectivity index (χ0) is 16.7. The van der Waals surface area contributed by atoms with Crippen LogP contribution in [0.1, 0.15) is 23.3 Å². The van der Waals surface area contributed by atoms with Gasteiger partial charge in [0.05, 0.1) is 12.0 Å². The van der Waals surface area contributed by atoms with Crippen molar-refractivity contribution in [2.45, 2.75) is 32.7 Å². The summed E-state index contributed by atoms with van der Waals surface area (Å²) in [6, 6.07) is 0.615. The summed E-state index contributed by atoms with van der Waals surface area (Å²) in [6.07, 6.45) is 4.36. The number of ether oxygens (including phenoxy) is 1. The number of aryl methyl sites for hydroxylation is 2. The van der Waals surface area contributed by atoms with E-state index in [9.17, 15) is 0 Å². The summed E-state index contributed by atoms with van der Waals surface area (Å²) in [5.41, 5.74) is 1.35. The maximum atomic E-state index is 5.31. The number of piperidine rings is 1. The van der Waals surface area contributed by atoms with Gasteiger partial charge in [-0.05, 0) is 38.2 Å². The Morgan fingerprint density at radius 1 is 1.21 bits per heavy atom. The highest BCUT2D eigenvalue weighted by Gasteiger charge is 2.35. The minimum atomic E-state index is 0.615. The maximum Gasteiger partial charge on any atom is 0.141 e. The number of aromatic nitrogens is 2. The molecule has 2 aromatic rings. The molecule has 0 amide bonds. The predicted molar refractivity (Wildman–Crippen MR) is 99.1 cm³/mol. The predicted octanol–water partition coefficient (Wildman–Crippen LogP) is 2.86. The van der Waals surface area contributed by atoms with Crippen molar-refractivity contribution in [1.82, 2.24) is 14.9 Å². The van der Waals surface area contributed by atoms with Crippen molar-refractivity contribution in [2.24, 2.45) is 5.92 Å². The van der Waals surface area contributed by atoms with Crippen LogP contribution < -0.4 is 4.90 Å². The summed E-state index contributed by atoms with van der Waals surface area (Å²) in [5.74, 6) is 1.87. The van der Waals surface area contributed by atoms with E-state index in [1.807, 2.05) is 0 Å². The lowest BCUT2D eigenvalue weighted by Crippen LogP contribution is -2.45. The van der Waals surface area contributed by atoms with E-state index in [1.54, 1.807) is 24.8 Å².